The number of carbonyl (C=O) groups is 1. The SMILES string of the molecule is CCCOc1ccc(C(=O)Nc2ccc(S(=O)(=O)Nc3ccc(F)cc3)cc2)cc1. The fraction of sp³-hybridized carbons (Fsp3) is 0.136. The Morgan fingerprint density at radius 1 is 0.900 bits per heavy atom. The molecular formula is C22H21FN2O4S. The van der Waals surface area contributed by atoms with E-state index in [-0.39, 0.29) is 16.5 Å². The van der Waals surface area contributed by atoms with E-state index in [1.54, 1.807) is 24.3 Å². The summed E-state index contributed by atoms with van der Waals surface area (Å²) in [5.74, 6) is -0.0881. The van der Waals surface area contributed by atoms with Gasteiger partial charge in [-0.1, -0.05) is 6.92 Å². The van der Waals surface area contributed by atoms with Gasteiger partial charge in [0, 0.05) is 16.9 Å². The van der Waals surface area contributed by atoms with Crippen LogP contribution in [0.15, 0.2) is 77.7 Å². The number of carbonyl (C=O) groups excluding carboxylic acids is 1. The Labute approximate surface area is 174 Å². The fourth-order valence-corrected chi connectivity index (χ4v) is 3.63. The lowest BCUT2D eigenvalue weighted by molar-refractivity contribution is 0.102. The maximum absolute atomic E-state index is 13.0. The quantitative estimate of drug-likeness (QED) is 0.546. The lowest BCUT2D eigenvalue weighted by Crippen LogP contribution is -2.14. The Morgan fingerprint density at radius 2 is 1.50 bits per heavy atom. The summed E-state index contributed by atoms with van der Waals surface area (Å²) in [7, 11) is -3.84. The summed E-state index contributed by atoms with van der Waals surface area (Å²) < 4.78 is 45.7. The molecule has 0 saturated heterocycles. The molecule has 0 spiro atoms. The normalized spacial score (nSPS) is 11.0. The largest absolute Gasteiger partial charge is 0.494 e. The summed E-state index contributed by atoms with van der Waals surface area (Å²) in [6.45, 7) is 2.62. The number of halogens is 1. The summed E-state index contributed by atoms with van der Waals surface area (Å²) in [6.07, 6.45) is 0.896. The van der Waals surface area contributed by atoms with Gasteiger partial charge in [-0.2, -0.15) is 0 Å². The first kappa shape index (κ1) is 21.3. The Kier molecular flexibility index (Phi) is 6.68. The molecule has 1 amide bonds. The monoisotopic (exact) mass is 428 g/mol. The number of benzene rings is 3. The molecule has 3 aromatic rings. The molecule has 8 heteroatoms. The fourth-order valence-electron chi connectivity index (χ4n) is 2.58. The van der Waals surface area contributed by atoms with E-state index in [4.69, 9.17) is 4.74 Å². The predicted octanol–water partition coefficient (Wildman–Crippen LogP) is 4.67. The Hall–Kier alpha value is -3.39. The van der Waals surface area contributed by atoms with E-state index in [0.29, 0.717) is 23.6 Å². The van der Waals surface area contributed by atoms with Gasteiger partial charge in [0.05, 0.1) is 11.5 Å². The molecule has 2 N–H and O–H groups in total. The summed E-state index contributed by atoms with van der Waals surface area (Å²) in [6, 6.07) is 17.5. The highest BCUT2D eigenvalue weighted by atomic mass is 32.2. The van der Waals surface area contributed by atoms with Crippen molar-refractivity contribution in [2.24, 2.45) is 0 Å². The molecule has 0 bridgehead atoms. The van der Waals surface area contributed by atoms with Crippen molar-refractivity contribution >= 4 is 27.3 Å². The number of hydrogen-bond acceptors (Lipinski definition) is 4. The van der Waals surface area contributed by atoms with E-state index in [0.717, 1.165) is 6.42 Å². The smallest absolute Gasteiger partial charge is 0.261 e. The van der Waals surface area contributed by atoms with Gasteiger partial charge in [-0.3, -0.25) is 9.52 Å². The summed E-state index contributed by atoms with van der Waals surface area (Å²) in [4.78, 5) is 12.4. The van der Waals surface area contributed by atoms with Gasteiger partial charge in [0.1, 0.15) is 11.6 Å². The van der Waals surface area contributed by atoms with Crippen molar-refractivity contribution in [3.05, 3.63) is 84.2 Å². The van der Waals surface area contributed by atoms with Gasteiger partial charge in [-0.15, -0.1) is 0 Å². The topological polar surface area (TPSA) is 84.5 Å². The minimum absolute atomic E-state index is 0.0160. The number of amides is 1. The third-order valence-corrected chi connectivity index (χ3v) is 5.51. The lowest BCUT2D eigenvalue weighted by Gasteiger charge is -2.10. The van der Waals surface area contributed by atoms with Crippen LogP contribution in [-0.2, 0) is 10.0 Å². The average Bonchev–Trinajstić information content (AvgIpc) is 2.74. The van der Waals surface area contributed by atoms with Gasteiger partial charge >= 0.3 is 0 Å². The second kappa shape index (κ2) is 9.41. The molecule has 0 saturated carbocycles. The molecule has 6 nitrogen and oxygen atoms in total. The van der Waals surface area contributed by atoms with Crippen LogP contribution in [-0.4, -0.2) is 20.9 Å². The molecule has 0 aliphatic rings. The van der Waals surface area contributed by atoms with E-state index >= 15 is 0 Å². The van der Waals surface area contributed by atoms with Gasteiger partial charge in [0.2, 0.25) is 0 Å². The molecular weight excluding hydrogens is 407 g/mol. The predicted molar refractivity (Wildman–Crippen MR) is 114 cm³/mol. The molecule has 0 aromatic heterocycles. The molecule has 0 unspecified atom stereocenters. The number of hydrogen-bond donors (Lipinski definition) is 2. The van der Waals surface area contributed by atoms with E-state index in [2.05, 4.69) is 10.0 Å². The highest BCUT2D eigenvalue weighted by Gasteiger charge is 2.15. The third kappa shape index (κ3) is 5.57. The van der Waals surface area contributed by atoms with E-state index in [1.165, 1.54) is 48.5 Å². The first-order valence-corrected chi connectivity index (χ1v) is 10.8. The van der Waals surface area contributed by atoms with Crippen molar-refractivity contribution in [3.63, 3.8) is 0 Å². The van der Waals surface area contributed by atoms with Gasteiger partial charge < -0.3 is 10.1 Å². The summed E-state index contributed by atoms with van der Waals surface area (Å²) in [5, 5.41) is 2.72. The first-order valence-electron chi connectivity index (χ1n) is 9.30. The van der Waals surface area contributed by atoms with E-state index in [1.807, 2.05) is 6.92 Å². The van der Waals surface area contributed by atoms with Crippen LogP contribution in [0.5, 0.6) is 5.75 Å². The van der Waals surface area contributed by atoms with Crippen LogP contribution < -0.4 is 14.8 Å². The van der Waals surface area contributed by atoms with Crippen molar-refractivity contribution in [1.29, 1.82) is 0 Å². The molecule has 0 aliphatic heterocycles. The van der Waals surface area contributed by atoms with Crippen molar-refractivity contribution < 1.29 is 22.3 Å². The van der Waals surface area contributed by atoms with Crippen LogP contribution in [0, 0.1) is 5.82 Å². The maximum atomic E-state index is 13.0. The highest BCUT2D eigenvalue weighted by Crippen LogP contribution is 2.19. The minimum Gasteiger partial charge on any atom is -0.494 e. The number of anilines is 2. The first-order chi connectivity index (χ1) is 14.4. The van der Waals surface area contributed by atoms with Crippen LogP contribution in [0.1, 0.15) is 23.7 Å². The van der Waals surface area contributed by atoms with Crippen molar-refractivity contribution in [3.8, 4) is 5.75 Å². The minimum atomic E-state index is -3.84. The summed E-state index contributed by atoms with van der Waals surface area (Å²) >= 11 is 0. The zero-order chi connectivity index (χ0) is 21.6. The second-order valence-corrected chi connectivity index (χ2v) is 8.15. The Balaban J connectivity index is 1.64. The van der Waals surface area contributed by atoms with E-state index in [9.17, 15) is 17.6 Å². The van der Waals surface area contributed by atoms with Gasteiger partial charge in [-0.25, -0.2) is 12.8 Å². The molecule has 0 radical (unpaired) electrons. The Bertz CT molecular complexity index is 1100. The lowest BCUT2D eigenvalue weighted by atomic mass is 10.2. The maximum Gasteiger partial charge on any atom is 0.261 e. The molecule has 0 atom stereocenters. The molecule has 0 aliphatic carbocycles. The Morgan fingerprint density at radius 3 is 2.10 bits per heavy atom. The molecule has 30 heavy (non-hydrogen) atoms. The number of sulfonamides is 1. The van der Waals surface area contributed by atoms with Crippen LogP contribution in [0.4, 0.5) is 15.8 Å². The average molecular weight is 428 g/mol. The van der Waals surface area contributed by atoms with Gasteiger partial charge in [0.25, 0.3) is 15.9 Å². The molecule has 0 heterocycles. The molecule has 3 aromatic carbocycles. The standard InChI is InChI=1S/C22H21FN2O4S/c1-2-15-29-20-11-3-16(4-12-20)22(26)24-18-9-13-21(14-10-18)30(27,28)25-19-7-5-17(23)6-8-19/h3-14,25H,2,15H2,1H3,(H,24,26). The van der Waals surface area contributed by atoms with Gasteiger partial charge in [0.15, 0.2) is 0 Å². The van der Waals surface area contributed by atoms with Crippen LogP contribution in [0.25, 0.3) is 0 Å². The van der Waals surface area contributed by atoms with Crippen LogP contribution in [0.3, 0.4) is 0 Å². The zero-order valence-electron chi connectivity index (χ0n) is 16.3. The number of ether oxygens (including phenoxy) is 1. The molecule has 156 valence electrons. The molecule has 3 rings (SSSR count). The second-order valence-electron chi connectivity index (χ2n) is 6.46. The van der Waals surface area contributed by atoms with Crippen molar-refractivity contribution in [1.82, 2.24) is 0 Å². The molecule has 0 fully saturated rings. The van der Waals surface area contributed by atoms with Crippen LogP contribution >= 0.6 is 0 Å². The summed E-state index contributed by atoms with van der Waals surface area (Å²) in [5.41, 5.74) is 1.15. The number of rotatable bonds is 8. The highest BCUT2D eigenvalue weighted by molar-refractivity contribution is 7.92. The van der Waals surface area contributed by atoms with Gasteiger partial charge in [-0.05, 0) is 79.2 Å². The van der Waals surface area contributed by atoms with Crippen molar-refractivity contribution in [2.75, 3.05) is 16.6 Å². The third-order valence-electron chi connectivity index (χ3n) is 4.11. The van der Waals surface area contributed by atoms with Crippen LogP contribution in [0.2, 0.25) is 0 Å². The number of nitrogens with one attached hydrogen (secondary N) is 2. The van der Waals surface area contributed by atoms with E-state index < -0.39 is 15.8 Å². The zero-order valence-corrected chi connectivity index (χ0v) is 17.1. The van der Waals surface area contributed by atoms with Crippen molar-refractivity contribution in [2.45, 2.75) is 18.2 Å².